The molecule has 9 heterocycles. The van der Waals surface area contributed by atoms with Gasteiger partial charge in [0.05, 0.1) is 33.3 Å². The van der Waals surface area contributed by atoms with Crippen LogP contribution in [0.15, 0.2) is 312 Å². The zero-order valence-corrected chi connectivity index (χ0v) is 87.1. The third kappa shape index (κ3) is 26.1. The number of rotatable bonds is 38. The van der Waals surface area contributed by atoms with Crippen LogP contribution in [0.2, 0.25) is 0 Å². The second-order valence-electron chi connectivity index (χ2n) is 39.6. The van der Waals surface area contributed by atoms with Crippen LogP contribution in [0.5, 0.6) is 11.8 Å². The van der Waals surface area contributed by atoms with Crippen molar-refractivity contribution in [3.8, 4) is 11.8 Å². The Morgan fingerprint density at radius 1 is 0.480 bits per heavy atom. The van der Waals surface area contributed by atoms with Crippen LogP contribution < -0.4 is 41.8 Å². The van der Waals surface area contributed by atoms with Crippen LogP contribution in [-0.2, 0) is 92.2 Å². The number of carbonyl (C=O) groups is 4. The van der Waals surface area contributed by atoms with Gasteiger partial charge in [-0.15, -0.1) is 5.06 Å². The van der Waals surface area contributed by atoms with E-state index in [9.17, 15) is 45.1 Å². The van der Waals surface area contributed by atoms with Crippen LogP contribution in [0.4, 0.5) is 34.6 Å². The first kappa shape index (κ1) is 107. The molecular formula is C116H131N17O13S2+2. The predicted octanol–water partition coefficient (Wildman–Crippen LogP) is 20.4. The number of amides is 3. The van der Waals surface area contributed by atoms with Crippen LogP contribution in [0, 0.1) is 13.8 Å². The van der Waals surface area contributed by atoms with E-state index in [1.807, 2.05) is 98.8 Å². The number of allylic oxidation sites excluding steroid dienone is 28. The largest absolute Gasteiger partial charge is 0.471 e. The summed E-state index contributed by atoms with van der Waals surface area (Å²) >= 11 is 0. The molecule has 0 saturated carbocycles. The average molecular weight is 2040 g/mol. The Morgan fingerprint density at radius 3 is 1.35 bits per heavy atom. The number of hydroxylamine groups is 2. The number of unbranched alkanes of at least 4 members (excludes halogenated alkanes) is 4. The normalized spacial score (nSPS) is 17.7. The molecule has 32 heteroatoms. The molecule has 148 heavy (non-hydrogen) atoms. The molecule has 0 radical (unpaired) electrons. The molecule has 0 spiro atoms. The molecule has 11 N–H and O–H groups in total. The van der Waals surface area contributed by atoms with E-state index in [0.29, 0.717) is 104 Å². The summed E-state index contributed by atoms with van der Waals surface area (Å²) in [5.74, 6) is -0.690. The van der Waals surface area contributed by atoms with Gasteiger partial charge in [0.25, 0.3) is 32.1 Å². The minimum absolute atomic E-state index is 0.0152. The Bertz CT molecular complexity index is 7450. The third-order valence-corrected chi connectivity index (χ3v) is 29.2. The van der Waals surface area contributed by atoms with E-state index in [2.05, 4.69) is 265 Å². The van der Waals surface area contributed by atoms with Crippen molar-refractivity contribution >= 4 is 112 Å². The first-order valence-electron chi connectivity index (χ1n) is 50.2. The van der Waals surface area contributed by atoms with Crippen LogP contribution in [-0.4, -0.2) is 141 Å². The highest BCUT2D eigenvalue weighted by Crippen LogP contribution is 2.51. The van der Waals surface area contributed by atoms with Crippen molar-refractivity contribution in [1.29, 1.82) is 0 Å². The van der Waals surface area contributed by atoms with Crippen LogP contribution in [0.1, 0.15) is 201 Å². The van der Waals surface area contributed by atoms with Crippen LogP contribution in [0.3, 0.4) is 0 Å². The maximum absolute atomic E-state index is 12.9. The minimum atomic E-state index is -4.41. The predicted molar refractivity (Wildman–Crippen MR) is 581 cm³/mol. The first-order valence-corrected chi connectivity index (χ1v) is 53.0. The summed E-state index contributed by atoms with van der Waals surface area (Å²) in [5, 5.41) is 3.62. The topological polar surface area (TPSA) is 419 Å². The van der Waals surface area contributed by atoms with Crippen molar-refractivity contribution in [2.45, 2.75) is 217 Å². The lowest BCUT2D eigenvalue weighted by molar-refractivity contribution is -0.438. The molecular weight excluding hydrogens is 1900 g/mol. The van der Waals surface area contributed by atoms with Gasteiger partial charge in [-0.25, -0.2) is 14.8 Å². The number of nitrogens with one attached hydrogen (secondary N) is 3. The SMILES string of the molecule is Cc1ccc2c(c1)C(C)(C)C(=CC=CC=CC1=[N+](CCCCCC(=O)NCc3ccc(COc4nc(N)nc5nc[nH]c45)cc3)c3ccc(S(=O)(=O)O)cc3C1(C)C)N2CCCC1=C/C=C\C=C/C=C1.Cc1ccc2c(c1)C(C)(C)C(=CC=CC=CC1=[N+](CCCCCC(=O)ON3C(=O)CCC3=O)c3ccc(S(=O)(=O)O)cc3C1(C)C)N2CCCC1=C/C=C\C=C/C=C1.NCc1ccc(COc2nc(N)nc3nc[nH]c23)cc1. The highest BCUT2D eigenvalue weighted by atomic mass is 32.2. The molecule has 30 nitrogen and oxygen atoms in total. The summed E-state index contributed by atoms with van der Waals surface area (Å²) in [6, 6.07) is 38.7. The van der Waals surface area contributed by atoms with Crippen molar-refractivity contribution in [2.75, 3.05) is 47.4 Å². The van der Waals surface area contributed by atoms with Crippen molar-refractivity contribution in [3.05, 3.63) is 358 Å². The highest BCUT2D eigenvalue weighted by molar-refractivity contribution is 7.86. The summed E-state index contributed by atoms with van der Waals surface area (Å²) in [6.07, 6.45) is 62.1. The lowest BCUT2D eigenvalue weighted by atomic mass is 9.81. The van der Waals surface area contributed by atoms with Gasteiger partial charge in [-0.05, 0) is 186 Å². The van der Waals surface area contributed by atoms with E-state index in [4.69, 9.17) is 31.5 Å². The Hall–Kier alpha value is -15.2. The fourth-order valence-electron chi connectivity index (χ4n) is 19.5. The molecule has 768 valence electrons. The summed E-state index contributed by atoms with van der Waals surface area (Å²) in [6.45, 7) is 26.3. The summed E-state index contributed by atoms with van der Waals surface area (Å²) in [4.78, 5) is 89.0. The van der Waals surface area contributed by atoms with E-state index in [-0.39, 0.29) is 64.3 Å². The lowest BCUT2D eigenvalue weighted by Crippen LogP contribution is -2.31. The summed E-state index contributed by atoms with van der Waals surface area (Å²) in [5.41, 5.74) is 39.6. The van der Waals surface area contributed by atoms with Crippen LogP contribution >= 0.6 is 0 Å². The maximum atomic E-state index is 12.9. The van der Waals surface area contributed by atoms with Crippen molar-refractivity contribution in [1.82, 2.24) is 50.3 Å². The second-order valence-corrected chi connectivity index (χ2v) is 42.4. The molecule has 7 aliphatic rings. The van der Waals surface area contributed by atoms with E-state index in [0.717, 1.165) is 108 Å². The molecule has 2 aliphatic carbocycles. The van der Waals surface area contributed by atoms with Gasteiger partial charge in [0.1, 0.15) is 37.3 Å². The van der Waals surface area contributed by atoms with Gasteiger partial charge in [-0.1, -0.05) is 233 Å². The standard InChI is InChI=1S/C56H62N8O5S.C47H53N3O7S.C13H14N6O/c1-39-24-30-46-44(34-39)55(2,3)48(64(46)33-17-20-40-18-11-7-6-8-12-19-40)21-13-9-14-22-49-56(4,5)45-35-43(70(66,67)68)29-31-47(45)63(49)32-16-10-15-23-50(65)58-36-41-25-27-42(28-26-41)37-69-53-51-52(60-38-59-51)61-54(57)62-53;1-34-24-26-39-37(32-34)46(2,3)41(49(39)31-17-20-35-18-11-7-6-8-12-19-35)21-13-9-14-22-42-47(4,5)38-33-36(58(54,55)56)25-27-40(38)48(42)30-16-10-15-23-45(53)57-50-43(51)28-29-44(50)52;14-5-8-1-3-9(4-2-8)6-20-12-10-11(17-7-16-10)18-13(15)19-12/h6-9,11-14,18-19,21-22,24-31,34-35,38H,10,15-17,20,23,32-33,36-37H2,1-5H3,(H4-,57,58,59,60,61,62,65,66,67,68);6-9,11-14,18-19,21-22,24-27,32-33H,10,15-17,20,23,28-31H2,1-5H3;1-4,7H,5-6,14H2,(H3,15,16,17,18,19)/p+2/b7-6-,8-6?,11-7?,12-8-,18-11?,19-12?,40-18?,40-19?;7-6-,8-6?,11-7?,12-8-,18-11?,19-12?,35-18?,35-19?;. The first-order chi connectivity index (χ1) is 70.9. The second kappa shape index (κ2) is 47.5. The number of benzene rings is 6. The number of imidazole rings is 2. The number of nitrogens with two attached hydrogens (primary N) is 3. The molecule has 5 aliphatic heterocycles. The summed E-state index contributed by atoms with van der Waals surface area (Å²) in [7, 11) is -8.81. The van der Waals surface area contributed by atoms with Gasteiger partial charge >= 0.3 is 5.97 Å². The fraction of sp³-hybridized carbons (Fsp3) is 0.310. The van der Waals surface area contributed by atoms with Crippen molar-refractivity contribution in [3.63, 3.8) is 0 Å². The number of aromatic amines is 2. The van der Waals surface area contributed by atoms with E-state index in [1.54, 1.807) is 24.3 Å². The maximum Gasteiger partial charge on any atom is 0.333 e. The monoisotopic (exact) mass is 2030 g/mol. The fourth-order valence-corrected chi connectivity index (χ4v) is 20.6. The quantitative estimate of drug-likeness (QED) is 0.00586. The number of hydrogen-bond acceptors (Lipinski definition) is 22. The number of anilines is 4. The van der Waals surface area contributed by atoms with Gasteiger partial charge in [-0.2, -0.15) is 45.9 Å². The van der Waals surface area contributed by atoms with E-state index < -0.39 is 48.8 Å². The van der Waals surface area contributed by atoms with Gasteiger partial charge in [0, 0.05) is 134 Å². The van der Waals surface area contributed by atoms with Crippen molar-refractivity contribution < 1.29 is 68.6 Å². The molecule has 4 aromatic heterocycles. The molecule has 0 unspecified atom stereocenters. The Kier molecular flexibility index (Phi) is 34.4. The number of aryl methyl sites for hydroxylation is 2. The number of nitrogens with zero attached hydrogens (tertiary/aromatic N) is 11. The smallest absolute Gasteiger partial charge is 0.333 e. The zero-order valence-electron chi connectivity index (χ0n) is 85.5. The number of hydrogen-bond donors (Lipinski definition) is 8. The van der Waals surface area contributed by atoms with E-state index in [1.165, 1.54) is 81.0 Å². The third-order valence-electron chi connectivity index (χ3n) is 27.5. The zero-order chi connectivity index (χ0) is 105. The molecule has 0 bridgehead atoms. The lowest BCUT2D eigenvalue weighted by Gasteiger charge is -2.27. The summed E-state index contributed by atoms with van der Waals surface area (Å²) < 4.78 is 84.6. The van der Waals surface area contributed by atoms with Gasteiger partial charge in [0.15, 0.2) is 22.7 Å². The van der Waals surface area contributed by atoms with Gasteiger partial charge in [0.2, 0.25) is 40.9 Å². The molecule has 3 amide bonds. The highest BCUT2D eigenvalue weighted by Gasteiger charge is 2.48. The number of fused-ring (bicyclic) bond motifs is 6. The number of aromatic nitrogens is 8. The van der Waals surface area contributed by atoms with E-state index >= 15 is 0 Å². The van der Waals surface area contributed by atoms with Crippen molar-refractivity contribution in [2.24, 2.45) is 5.73 Å². The minimum Gasteiger partial charge on any atom is -0.471 e. The number of H-pyrrole nitrogens is 2. The molecule has 6 aromatic carbocycles. The van der Waals surface area contributed by atoms with Gasteiger partial charge < -0.3 is 56.6 Å². The molecule has 1 saturated heterocycles. The van der Waals surface area contributed by atoms with Crippen LogP contribution in [0.25, 0.3) is 22.3 Å². The molecule has 1 fully saturated rings. The van der Waals surface area contributed by atoms with Gasteiger partial charge in [-0.3, -0.25) is 23.5 Å². The molecule has 0 atom stereocenters. The average Bonchev–Trinajstić information content (AvgIpc) is 1.63. The Balaban J connectivity index is 0.000000188. The number of ether oxygens (including phenoxy) is 2. The molecule has 17 rings (SSSR count). The Labute approximate surface area is 865 Å². The number of imide groups is 1. The number of carbonyl (C=O) groups excluding carboxylic acids is 4. The Morgan fingerprint density at radius 2 is 0.905 bits per heavy atom. The molecule has 10 aromatic rings. The number of nitrogen functional groups attached to an aromatic ring is 2.